The van der Waals surface area contributed by atoms with Crippen LogP contribution in [-0.4, -0.2) is 20.6 Å². The Morgan fingerprint density at radius 2 is 1.33 bits per heavy atom. The van der Waals surface area contributed by atoms with Gasteiger partial charge in [-0.3, -0.25) is 9.52 Å². The van der Waals surface area contributed by atoms with E-state index in [0.29, 0.717) is 16.9 Å². The van der Waals surface area contributed by atoms with Crippen molar-refractivity contribution in [3.63, 3.8) is 0 Å². The number of para-hydroxylation sites is 1. The maximum absolute atomic E-state index is 12.4. The molecule has 0 aliphatic rings. The van der Waals surface area contributed by atoms with E-state index < -0.39 is 10.0 Å². The fourth-order valence-electron chi connectivity index (χ4n) is 2.47. The molecule has 0 aliphatic carbocycles. The van der Waals surface area contributed by atoms with Crippen LogP contribution in [-0.2, 0) is 10.0 Å². The van der Waals surface area contributed by atoms with E-state index in [1.807, 2.05) is 42.5 Å². The summed E-state index contributed by atoms with van der Waals surface area (Å²) in [5, 5.41) is 6.06. The van der Waals surface area contributed by atoms with Gasteiger partial charge in [0.25, 0.3) is 5.91 Å². The second-order valence-electron chi connectivity index (χ2n) is 5.98. The molecule has 6 nitrogen and oxygen atoms in total. The summed E-state index contributed by atoms with van der Waals surface area (Å²) in [6.45, 7) is 0. The van der Waals surface area contributed by atoms with Crippen LogP contribution in [0.1, 0.15) is 10.4 Å². The molecule has 27 heavy (non-hydrogen) atoms. The van der Waals surface area contributed by atoms with Crippen LogP contribution < -0.4 is 15.4 Å². The van der Waals surface area contributed by atoms with Crippen molar-refractivity contribution in [1.82, 2.24) is 0 Å². The third-order valence-corrected chi connectivity index (χ3v) is 4.24. The highest BCUT2D eigenvalue weighted by molar-refractivity contribution is 7.92. The molecule has 0 unspecified atom stereocenters. The molecule has 0 atom stereocenters. The Labute approximate surface area is 158 Å². The highest BCUT2D eigenvalue weighted by Crippen LogP contribution is 2.19. The Morgan fingerprint density at radius 3 is 2.00 bits per heavy atom. The molecule has 0 fully saturated rings. The van der Waals surface area contributed by atoms with Crippen molar-refractivity contribution in [1.29, 1.82) is 0 Å². The lowest BCUT2D eigenvalue weighted by atomic mass is 10.2. The number of amides is 1. The Bertz CT molecular complexity index is 1030. The Kier molecular flexibility index (Phi) is 5.42. The summed E-state index contributed by atoms with van der Waals surface area (Å²) in [5.74, 6) is -0.323. The minimum atomic E-state index is -3.40. The van der Waals surface area contributed by atoms with Gasteiger partial charge in [0.1, 0.15) is 0 Å². The Hall–Kier alpha value is -3.32. The molecule has 3 aromatic rings. The first-order valence-corrected chi connectivity index (χ1v) is 10.1. The summed E-state index contributed by atoms with van der Waals surface area (Å²) in [5.41, 5.74) is 3.21. The average molecular weight is 381 g/mol. The first kappa shape index (κ1) is 18.5. The quantitative estimate of drug-likeness (QED) is 0.601. The summed E-state index contributed by atoms with van der Waals surface area (Å²) in [6, 6.07) is 23.4. The number of hydrogen-bond donors (Lipinski definition) is 3. The van der Waals surface area contributed by atoms with E-state index >= 15 is 0 Å². The maximum atomic E-state index is 12.4. The predicted molar refractivity (Wildman–Crippen MR) is 109 cm³/mol. The molecule has 3 rings (SSSR count). The summed E-state index contributed by atoms with van der Waals surface area (Å²) < 4.78 is 25.0. The standard InChI is InChI=1S/C20H19N3O3S/c1-27(25,26)23-19-9-5-6-15(14-19)20(24)22-18-12-10-17(11-13-18)21-16-7-3-2-4-8-16/h2-14,21,23H,1H3,(H,22,24). The highest BCUT2D eigenvalue weighted by atomic mass is 32.2. The largest absolute Gasteiger partial charge is 0.356 e. The minimum Gasteiger partial charge on any atom is -0.356 e. The summed E-state index contributed by atoms with van der Waals surface area (Å²) >= 11 is 0. The van der Waals surface area contributed by atoms with Crippen molar-refractivity contribution in [2.45, 2.75) is 0 Å². The van der Waals surface area contributed by atoms with Crippen LogP contribution in [0, 0.1) is 0 Å². The molecule has 0 heterocycles. The van der Waals surface area contributed by atoms with Crippen molar-refractivity contribution in [3.8, 4) is 0 Å². The molecule has 0 radical (unpaired) electrons. The Morgan fingerprint density at radius 1 is 0.741 bits per heavy atom. The second kappa shape index (κ2) is 7.92. The van der Waals surface area contributed by atoms with Crippen molar-refractivity contribution in [2.75, 3.05) is 21.6 Å². The molecule has 0 saturated carbocycles. The molecule has 3 aromatic carbocycles. The lowest BCUT2D eigenvalue weighted by molar-refractivity contribution is 0.102. The van der Waals surface area contributed by atoms with Gasteiger partial charge in [-0.15, -0.1) is 0 Å². The molecular weight excluding hydrogens is 362 g/mol. The van der Waals surface area contributed by atoms with E-state index in [2.05, 4.69) is 15.4 Å². The molecule has 7 heteroatoms. The van der Waals surface area contributed by atoms with Gasteiger partial charge in [0, 0.05) is 28.3 Å². The van der Waals surface area contributed by atoms with Crippen LogP contribution >= 0.6 is 0 Å². The fraction of sp³-hybridized carbons (Fsp3) is 0.0500. The predicted octanol–water partition coefficient (Wildman–Crippen LogP) is 4.05. The third kappa shape index (κ3) is 5.58. The average Bonchev–Trinajstić information content (AvgIpc) is 2.63. The van der Waals surface area contributed by atoms with E-state index in [1.165, 1.54) is 6.07 Å². The molecule has 0 aromatic heterocycles. The summed E-state index contributed by atoms with van der Waals surface area (Å²) in [7, 11) is -3.40. The zero-order chi connectivity index (χ0) is 19.3. The first-order chi connectivity index (χ1) is 12.9. The summed E-state index contributed by atoms with van der Waals surface area (Å²) in [6.07, 6.45) is 1.06. The Balaban J connectivity index is 1.66. The lowest BCUT2D eigenvalue weighted by Crippen LogP contribution is -2.13. The number of sulfonamides is 1. The van der Waals surface area contributed by atoms with Gasteiger partial charge in [0.05, 0.1) is 6.26 Å². The molecule has 3 N–H and O–H groups in total. The number of rotatable bonds is 6. The maximum Gasteiger partial charge on any atom is 0.255 e. The zero-order valence-electron chi connectivity index (χ0n) is 14.6. The van der Waals surface area contributed by atoms with Crippen molar-refractivity contribution in [2.24, 2.45) is 0 Å². The number of carbonyl (C=O) groups excluding carboxylic acids is 1. The summed E-state index contributed by atoms with van der Waals surface area (Å²) in [4.78, 5) is 12.4. The van der Waals surface area contributed by atoms with Crippen molar-refractivity contribution < 1.29 is 13.2 Å². The number of nitrogens with one attached hydrogen (secondary N) is 3. The first-order valence-electron chi connectivity index (χ1n) is 8.20. The van der Waals surface area contributed by atoms with Crippen molar-refractivity contribution >= 4 is 38.7 Å². The monoisotopic (exact) mass is 381 g/mol. The topological polar surface area (TPSA) is 87.3 Å². The van der Waals surface area contributed by atoms with Crippen LogP contribution in [0.5, 0.6) is 0 Å². The van der Waals surface area contributed by atoms with Crippen LogP contribution in [0.15, 0.2) is 78.9 Å². The van der Waals surface area contributed by atoms with Gasteiger partial charge in [0.15, 0.2) is 0 Å². The van der Waals surface area contributed by atoms with Gasteiger partial charge in [-0.25, -0.2) is 8.42 Å². The SMILES string of the molecule is CS(=O)(=O)Nc1cccc(C(=O)Nc2ccc(Nc3ccccc3)cc2)c1. The number of carbonyl (C=O) groups is 1. The lowest BCUT2D eigenvalue weighted by Gasteiger charge is -2.10. The van der Waals surface area contributed by atoms with Gasteiger partial charge in [-0.05, 0) is 54.6 Å². The number of anilines is 4. The van der Waals surface area contributed by atoms with Gasteiger partial charge < -0.3 is 10.6 Å². The fourth-order valence-corrected chi connectivity index (χ4v) is 3.02. The van der Waals surface area contributed by atoms with Crippen LogP contribution in [0.2, 0.25) is 0 Å². The van der Waals surface area contributed by atoms with Crippen molar-refractivity contribution in [3.05, 3.63) is 84.4 Å². The molecule has 1 amide bonds. The molecular formula is C20H19N3O3S. The normalized spacial score (nSPS) is 10.9. The van der Waals surface area contributed by atoms with Gasteiger partial charge in [0.2, 0.25) is 10.0 Å². The van der Waals surface area contributed by atoms with Crippen LogP contribution in [0.4, 0.5) is 22.7 Å². The van der Waals surface area contributed by atoms with Crippen LogP contribution in [0.3, 0.4) is 0 Å². The molecule has 0 saturated heterocycles. The minimum absolute atomic E-state index is 0.323. The van der Waals surface area contributed by atoms with Gasteiger partial charge in [-0.2, -0.15) is 0 Å². The second-order valence-corrected chi connectivity index (χ2v) is 7.73. The van der Waals surface area contributed by atoms with E-state index in [1.54, 1.807) is 30.3 Å². The molecule has 0 bridgehead atoms. The van der Waals surface area contributed by atoms with E-state index in [0.717, 1.165) is 17.6 Å². The van der Waals surface area contributed by atoms with E-state index in [9.17, 15) is 13.2 Å². The highest BCUT2D eigenvalue weighted by Gasteiger charge is 2.09. The number of benzene rings is 3. The molecule has 138 valence electrons. The zero-order valence-corrected chi connectivity index (χ0v) is 15.5. The van der Waals surface area contributed by atoms with Gasteiger partial charge in [-0.1, -0.05) is 24.3 Å². The van der Waals surface area contributed by atoms with Crippen LogP contribution in [0.25, 0.3) is 0 Å². The smallest absolute Gasteiger partial charge is 0.255 e. The molecule has 0 spiro atoms. The number of hydrogen-bond acceptors (Lipinski definition) is 4. The van der Waals surface area contributed by atoms with E-state index in [-0.39, 0.29) is 5.91 Å². The molecule has 0 aliphatic heterocycles. The van der Waals surface area contributed by atoms with E-state index in [4.69, 9.17) is 0 Å². The third-order valence-electron chi connectivity index (χ3n) is 3.63. The van der Waals surface area contributed by atoms with Gasteiger partial charge >= 0.3 is 0 Å².